The number of hydrazone groups is 1. The molecular weight excluding hydrogens is 258 g/mol. The molecule has 0 heterocycles. The highest BCUT2D eigenvalue weighted by Crippen LogP contribution is 2.25. The van der Waals surface area contributed by atoms with E-state index in [1.807, 2.05) is 44.4 Å². The third kappa shape index (κ3) is 3.00. The van der Waals surface area contributed by atoms with Gasteiger partial charge in [-0.2, -0.15) is 5.10 Å². The molecule has 5 heteroatoms. The molecule has 0 aliphatic carbocycles. The third-order valence-electron chi connectivity index (χ3n) is 2.71. The maximum Gasteiger partial charge on any atom is 0.189 e. The van der Waals surface area contributed by atoms with Gasteiger partial charge in [-0.15, -0.1) is 0 Å². The van der Waals surface area contributed by atoms with Crippen LogP contribution in [0.1, 0.15) is 5.56 Å². The Hall–Kier alpha value is -2.14. The normalized spacial score (nSPS) is 10.8. The summed E-state index contributed by atoms with van der Waals surface area (Å²) in [5.41, 5.74) is 3.41. The Morgan fingerprint density at radius 1 is 1.26 bits per heavy atom. The van der Waals surface area contributed by atoms with Crippen molar-refractivity contribution in [3.63, 3.8) is 0 Å². The first-order valence-electron chi connectivity index (χ1n) is 5.80. The van der Waals surface area contributed by atoms with Crippen molar-refractivity contribution in [2.75, 3.05) is 14.1 Å². The number of benzene rings is 2. The molecule has 0 radical (unpaired) electrons. The van der Waals surface area contributed by atoms with Gasteiger partial charge < -0.3 is 10.0 Å². The first kappa shape index (κ1) is 13.3. The Morgan fingerprint density at radius 3 is 2.74 bits per heavy atom. The van der Waals surface area contributed by atoms with Crippen molar-refractivity contribution in [3.8, 4) is 5.75 Å². The molecule has 0 unspecified atom stereocenters. The van der Waals surface area contributed by atoms with Crippen LogP contribution in [0.5, 0.6) is 5.75 Å². The lowest BCUT2D eigenvalue weighted by Gasteiger charge is -2.11. The summed E-state index contributed by atoms with van der Waals surface area (Å²) in [7, 11) is 3.67. The molecule has 0 aliphatic rings. The number of hydrogen-bond acceptors (Lipinski definition) is 3. The Kier molecular flexibility index (Phi) is 3.97. The fraction of sp³-hybridized carbons (Fsp3) is 0.143. The van der Waals surface area contributed by atoms with Gasteiger partial charge in [0.1, 0.15) is 5.75 Å². The number of fused-ring (bicyclic) bond motifs is 1. The van der Waals surface area contributed by atoms with Crippen molar-refractivity contribution < 1.29 is 5.11 Å². The van der Waals surface area contributed by atoms with Crippen molar-refractivity contribution in [2.45, 2.75) is 0 Å². The fourth-order valence-corrected chi connectivity index (χ4v) is 1.72. The minimum atomic E-state index is 0.194. The van der Waals surface area contributed by atoms with E-state index in [0.29, 0.717) is 10.7 Å². The van der Waals surface area contributed by atoms with Crippen LogP contribution >= 0.6 is 12.2 Å². The molecule has 98 valence electrons. The minimum Gasteiger partial charge on any atom is -0.507 e. The quantitative estimate of drug-likeness (QED) is 0.501. The van der Waals surface area contributed by atoms with Gasteiger partial charge in [-0.3, -0.25) is 5.43 Å². The first-order valence-corrected chi connectivity index (χ1v) is 6.21. The number of phenolic OH excluding ortho intramolecular Hbond substituents is 1. The van der Waals surface area contributed by atoms with Crippen LogP contribution in [0, 0.1) is 0 Å². The second-order valence-electron chi connectivity index (χ2n) is 4.29. The number of phenols is 1. The number of rotatable bonds is 2. The summed E-state index contributed by atoms with van der Waals surface area (Å²) in [6.45, 7) is 0. The number of aromatic hydroxyl groups is 1. The first-order chi connectivity index (χ1) is 9.09. The van der Waals surface area contributed by atoms with Gasteiger partial charge in [0.15, 0.2) is 5.11 Å². The van der Waals surface area contributed by atoms with Crippen LogP contribution in [0.4, 0.5) is 0 Å². The average molecular weight is 273 g/mol. The summed E-state index contributed by atoms with van der Waals surface area (Å²) in [4.78, 5) is 1.75. The number of thiocarbonyl (C=S) groups is 1. The summed E-state index contributed by atoms with van der Waals surface area (Å²) in [5.74, 6) is 0.194. The van der Waals surface area contributed by atoms with Gasteiger partial charge in [-0.1, -0.05) is 30.3 Å². The van der Waals surface area contributed by atoms with E-state index in [9.17, 15) is 5.11 Å². The van der Waals surface area contributed by atoms with E-state index in [1.165, 1.54) is 0 Å². The molecule has 4 nitrogen and oxygen atoms in total. The predicted molar refractivity (Wildman–Crippen MR) is 82.6 cm³/mol. The van der Waals surface area contributed by atoms with Gasteiger partial charge >= 0.3 is 0 Å². The Labute approximate surface area is 117 Å². The van der Waals surface area contributed by atoms with Crippen LogP contribution in [-0.2, 0) is 0 Å². The fourth-order valence-electron chi connectivity index (χ4n) is 1.67. The van der Waals surface area contributed by atoms with Crippen LogP contribution in [0.2, 0.25) is 0 Å². The van der Waals surface area contributed by atoms with Crippen molar-refractivity contribution in [2.24, 2.45) is 5.10 Å². The van der Waals surface area contributed by atoms with Crippen LogP contribution in [0.25, 0.3) is 10.8 Å². The van der Waals surface area contributed by atoms with Crippen molar-refractivity contribution in [1.29, 1.82) is 0 Å². The van der Waals surface area contributed by atoms with Crippen LogP contribution in [0.15, 0.2) is 41.5 Å². The van der Waals surface area contributed by atoms with Crippen molar-refractivity contribution in [3.05, 3.63) is 42.0 Å². The Morgan fingerprint density at radius 2 is 2.00 bits per heavy atom. The summed E-state index contributed by atoms with van der Waals surface area (Å²) in [5, 5.41) is 16.5. The highest BCUT2D eigenvalue weighted by Gasteiger charge is 2.04. The SMILES string of the molecule is CN(C)C(=S)NN=Cc1c(O)ccc2ccccc12. The van der Waals surface area contributed by atoms with E-state index in [1.54, 1.807) is 17.2 Å². The molecular formula is C14H15N3OS. The molecule has 0 aromatic heterocycles. The summed E-state index contributed by atoms with van der Waals surface area (Å²) < 4.78 is 0. The zero-order valence-corrected chi connectivity index (χ0v) is 11.6. The third-order valence-corrected chi connectivity index (χ3v) is 3.16. The van der Waals surface area contributed by atoms with E-state index < -0.39 is 0 Å². The molecule has 0 saturated carbocycles. The number of nitrogens with one attached hydrogen (secondary N) is 1. The second-order valence-corrected chi connectivity index (χ2v) is 4.68. The highest BCUT2D eigenvalue weighted by atomic mass is 32.1. The molecule has 0 amide bonds. The molecule has 0 bridgehead atoms. The van der Waals surface area contributed by atoms with Gasteiger partial charge in [0, 0.05) is 19.7 Å². The largest absolute Gasteiger partial charge is 0.507 e. The van der Waals surface area contributed by atoms with Crippen LogP contribution in [0.3, 0.4) is 0 Å². The lowest BCUT2D eigenvalue weighted by atomic mass is 10.0. The Bertz CT molecular complexity index is 638. The second kappa shape index (κ2) is 5.67. The molecule has 2 aromatic carbocycles. The maximum absolute atomic E-state index is 9.92. The zero-order valence-electron chi connectivity index (χ0n) is 10.8. The molecule has 2 aromatic rings. The van der Waals surface area contributed by atoms with E-state index >= 15 is 0 Å². The average Bonchev–Trinajstić information content (AvgIpc) is 2.41. The standard InChI is InChI=1S/C14H15N3OS/c1-17(2)14(19)16-15-9-12-11-6-4-3-5-10(11)7-8-13(12)18/h3-9,18H,1-2H3,(H,16,19). The van der Waals surface area contributed by atoms with Gasteiger partial charge in [-0.05, 0) is 29.1 Å². The maximum atomic E-state index is 9.92. The lowest BCUT2D eigenvalue weighted by molar-refractivity contribution is 0.475. The minimum absolute atomic E-state index is 0.194. The van der Waals surface area contributed by atoms with Crippen molar-refractivity contribution in [1.82, 2.24) is 10.3 Å². The van der Waals surface area contributed by atoms with Crippen LogP contribution in [-0.4, -0.2) is 35.4 Å². The van der Waals surface area contributed by atoms with E-state index in [-0.39, 0.29) is 5.75 Å². The summed E-state index contributed by atoms with van der Waals surface area (Å²) in [6.07, 6.45) is 1.58. The van der Waals surface area contributed by atoms with Gasteiger partial charge in [-0.25, -0.2) is 0 Å². The molecule has 19 heavy (non-hydrogen) atoms. The highest BCUT2D eigenvalue weighted by molar-refractivity contribution is 7.80. The topological polar surface area (TPSA) is 47.9 Å². The van der Waals surface area contributed by atoms with E-state index in [2.05, 4.69) is 10.5 Å². The molecule has 0 saturated heterocycles. The number of hydrogen-bond donors (Lipinski definition) is 2. The molecule has 2 rings (SSSR count). The zero-order chi connectivity index (χ0) is 13.8. The smallest absolute Gasteiger partial charge is 0.189 e. The van der Waals surface area contributed by atoms with E-state index in [0.717, 1.165) is 10.8 Å². The van der Waals surface area contributed by atoms with Crippen LogP contribution < -0.4 is 5.43 Å². The Balaban J connectivity index is 2.32. The monoisotopic (exact) mass is 273 g/mol. The van der Waals surface area contributed by atoms with Gasteiger partial charge in [0.05, 0.1) is 6.21 Å². The molecule has 0 spiro atoms. The molecule has 0 atom stereocenters. The number of nitrogens with zero attached hydrogens (tertiary/aromatic N) is 2. The summed E-state index contributed by atoms with van der Waals surface area (Å²) in [6, 6.07) is 11.4. The molecule has 2 N–H and O–H groups in total. The molecule has 0 aliphatic heterocycles. The van der Waals surface area contributed by atoms with Gasteiger partial charge in [0.2, 0.25) is 0 Å². The summed E-state index contributed by atoms with van der Waals surface area (Å²) >= 11 is 5.06. The molecule has 0 fully saturated rings. The predicted octanol–water partition coefficient (Wildman–Crippen LogP) is 2.32. The van der Waals surface area contributed by atoms with E-state index in [4.69, 9.17) is 12.2 Å². The van der Waals surface area contributed by atoms with Crippen molar-refractivity contribution >= 4 is 34.3 Å². The van der Waals surface area contributed by atoms with Gasteiger partial charge in [0.25, 0.3) is 0 Å². The lowest BCUT2D eigenvalue weighted by Crippen LogP contribution is -2.30.